The van der Waals surface area contributed by atoms with Crippen molar-refractivity contribution in [2.75, 3.05) is 0 Å². The summed E-state index contributed by atoms with van der Waals surface area (Å²) in [6, 6.07) is 43.3. The van der Waals surface area contributed by atoms with Gasteiger partial charge in [-0.25, -0.2) is 0 Å². The van der Waals surface area contributed by atoms with Crippen molar-refractivity contribution in [2.45, 2.75) is 17.5 Å². The molecule has 2 atom stereocenters. The molecule has 5 aromatic rings. The molecule has 0 saturated carbocycles. The van der Waals surface area contributed by atoms with Crippen LogP contribution in [0.3, 0.4) is 0 Å². The Balaban J connectivity index is 1.46. The van der Waals surface area contributed by atoms with Gasteiger partial charge in [-0.3, -0.25) is 0 Å². The lowest BCUT2D eigenvalue weighted by Crippen LogP contribution is -2.29. The molecule has 0 N–H and O–H groups in total. The second-order valence-electron chi connectivity index (χ2n) is 10.7. The number of allylic oxidation sites excluding steroid dienone is 4. The number of benzene rings is 5. The van der Waals surface area contributed by atoms with Crippen LogP contribution in [0, 0.1) is 0 Å². The van der Waals surface area contributed by atoms with Crippen molar-refractivity contribution in [1.29, 1.82) is 0 Å². The van der Waals surface area contributed by atoms with E-state index < -0.39 is 12.6 Å². The summed E-state index contributed by atoms with van der Waals surface area (Å²) >= 11 is 0. The molecule has 2 unspecified atom stereocenters. The smallest absolute Gasteiger partial charge is 0.150 e. The summed E-state index contributed by atoms with van der Waals surface area (Å²) in [5.74, 6) is 0. The third-order valence-electron chi connectivity index (χ3n) is 8.93. The average molecular weight is 519 g/mol. The molecule has 5 aromatic carbocycles. The molecule has 0 aliphatic heterocycles. The van der Waals surface area contributed by atoms with E-state index in [-0.39, 0.29) is 5.66 Å². The summed E-state index contributed by atoms with van der Waals surface area (Å²) in [4.78, 5) is 0. The molecule has 0 amide bonds. The monoisotopic (exact) mass is 518 g/mol. The van der Waals surface area contributed by atoms with E-state index in [0.717, 1.165) is 17.0 Å². The van der Waals surface area contributed by atoms with Crippen LogP contribution < -0.4 is 10.6 Å². The zero-order valence-corrected chi connectivity index (χ0v) is 22.4. The van der Waals surface area contributed by atoms with E-state index in [1.165, 1.54) is 44.5 Å². The van der Waals surface area contributed by atoms with Crippen molar-refractivity contribution >= 4 is 17.8 Å². The SMILES string of the molecule is O=P(c1ccccc1)(c1ccc2c(c1)C1(c3ccccc3-c3ccccc31)c1ccccc1-2)C1C=CC=CC1. The lowest BCUT2D eigenvalue weighted by molar-refractivity contribution is 0.582. The molecule has 3 aliphatic carbocycles. The fourth-order valence-electron chi connectivity index (χ4n) is 7.31. The largest absolute Gasteiger partial charge is 0.313 e. The van der Waals surface area contributed by atoms with Crippen LogP contribution >= 0.6 is 7.14 Å². The van der Waals surface area contributed by atoms with Gasteiger partial charge in [-0.15, -0.1) is 0 Å². The molecule has 2 heteroatoms. The number of rotatable bonds is 3. The van der Waals surface area contributed by atoms with E-state index in [0.29, 0.717) is 0 Å². The van der Waals surface area contributed by atoms with Crippen LogP contribution in [0.2, 0.25) is 0 Å². The molecule has 0 radical (unpaired) electrons. The number of fused-ring (bicyclic) bond motifs is 10. The first-order valence-electron chi connectivity index (χ1n) is 13.7. The summed E-state index contributed by atoms with van der Waals surface area (Å²) in [6.07, 6.45) is 9.18. The minimum absolute atomic E-state index is 0.0640. The summed E-state index contributed by atoms with van der Waals surface area (Å²) in [6.45, 7) is 0. The molecule has 39 heavy (non-hydrogen) atoms. The van der Waals surface area contributed by atoms with Crippen molar-refractivity contribution in [2.24, 2.45) is 0 Å². The summed E-state index contributed by atoms with van der Waals surface area (Å²) < 4.78 is 15.5. The highest BCUT2D eigenvalue weighted by Gasteiger charge is 2.52. The number of hydrogen-bond acceptors (Lipinski definition) is 1. The Labute approximate surface area is 229 Å². The first kappa shape index (κ1) is 22.8. The molecule has 0 fully saturated rings. The van der Waals surface area contributed by atoms with Crippen LogP contribution in [0.25, 0.3) is 22.3 Å². The lowest BCUT2D eigenvalue weighted by Gasteiger charge is -2.32. The highest BCUT2D eigenvalue weighted by Crippen LogP contribution is 2.63. The molecule has 186 valence electrons. The Kier molecular flexibility index (Phi) is 4.91. The van der Waals surface area contributed by atoms with Crippen molar-refractivity contribution in [1.82, 2.24) is 0 Å². The zero-order valence-electron chi connectivity index (χ0n) is 21.5. The average Bonchev–Trinajstić information content (AvgIpc) is 3.49. The summed E-state index contributed by atoms with van der Waals surface area (Å²) in [5.41, 5.74) is 9.74. The van der Waals surface area contributed by atoms with Gasteiger partial charge in [0, 0.05) is 16.3 Å². The second kappa shape index (κ2) is 8.40. The van der Waals surface area contributed by atoms with Gasteiger partial charge in [-0.1, -0.05) is 140 Å². The minimum atomic E-state index is -2.99. The van der Waals surface area contributed by atoms with Crippen molar-refractivity contribution in [3.63, 3.8) is 0 Å². The molecule has 0 bridgehead atoms. The minimum Gasteiger partial charge on any atom is -0.313 e. The van der Waals surface area contributed by atoms with E-state index in [2.05, 4.69) is 115 Å². The number of hydrogen-bond donors (Lipinski definition) is 0. The van der Waals surface area contributed by atoms with E-state index in [9.17, 15) is 0 Å². The van der Waals surface area contributed by atoms with Crippen LogP contribution in [0.15, 0.2) is 146 Å². The Hall–Kier alpha value is -4.19. The molecule has 0 heterocycles. The Bertz CT molecular complexity index is 1810. The van der Waals surface area contributed by atoms with Crippen LogP contribution in [0.5, 0.6) is 0 Å². The van der Waals surface area contributed by atoms with Gasteiger partial charge in [0.15, 0.2) is 0 Å². The maximum absolute atomic E-state index is 15.5. The zero-order chi connectivity index (χ0) is 26.0. The fraction of sp³-hybridized carbons (Fsp3) is 0.0811. The molecule has 0 aromatic heterocycles. The van der Waals surface area contributed by atoms with E-state index in [1.54, 1.807) is 0 Å². The fourth-order valence-corrected chi connectivity index (χ4v) is 10.4. The van der Waals surface area contributed by atoms with Crippen molar-refractivity contribution < 1.29 is 4.57 Å². The Morgan fingerprint density at radius 2 is 1.08 bits per heavy atom. The van der Waals surface area contributed by atoms with Crippen molar-refractivity contribution in [3.8, 4) is 22.3 Å². The predicted molar refractivity (Wildman–Crippen MR) is 163 cm³/mol. The first-order valence-corrected chi connectivity index (χ1v) is 15.4. The van der Waals surface area contributed by atoms with Crippen LogP contribution in [0.4, 0.5) is 0 Å². The Morgan fingerprint density at radius 1 is 0.538 bits per heavy atom. The molecule has 1 spiro atoms. The lowest BCUT2D eigenvalue weighted by atomic mass is 9.70. The van der Waals surface area contributed by atoms with Gasteiger partial charge in [0.25, 0.3) is 0 Å². The van der Waals surface area contributed by atoms with E-state index in [1.807, 2.05) is 30.3 Å². The molecule has 8 rings (SSSR count). The van der Waals surface area contributed by atoms with Gasteiger partial charge in [0.1, 0.15) is 7.14 Å². The highest BCUT2D eigenvalue weighted by molar-refractivity contribution is 7.79. The molecule has 3 aliphatic rings. The normalized spacial score (nSPS) is 18.7. The quantitative estimate of drug-likeness (QED) is 0.215. The van der Waals surface area contributed by atoms with Gasteiger partial charge in [-0.05, 0) is 57.0 Å². The predicted octanol–water partition coefficient (Wildman–Crippen LogP) is 8.23. The summed E-state index contributed by atoms with van der Waals surface area (Å²) in [5, 5.41) is 1.86. The van der Waals surface area contributed by atoms with Gasteiger partial charge in [-0.2, -0.15) is 0 Å². The topological polar surface area (TPSA) is 17.1 Å². The molecular formula is C37H27OP. The Morgan fingerprint density at radius 3 is 1.64 bits per heavy atom. The highest BCUT2D eigenvalue weighted by atomic mass is 31.2. The molecule has 0 saturated heterocycles. The van der Waals surface area contributed by atoms with Gasteiger partial charge in [0.2, 0.25) is 0 Å². The third-order valence-corrected chi connectivity index (χ3v) is 12.4. The standard InChI is InChI=1S/C37H27OP/c38-39(26-13-3-1-4-14-26,27-15-5-2-6-16-27)28-23-24-32-31-19-9-12-22-35(31)37(36(32)25-28)33-20-10-7-17-29(33)30-18-8-11-21-34(30)37/h1-15,17-25,27H,16H2. The molecular weight excluding hydrogens is 491 g/mol. The van der Waals surface area contributed by atoms with Crippen LogP contribution in [0.1, 0.15) is 28.7 Å². The van der Waals surface area contributed by atoms with Gasteiger partial charge >= 0.3 is 0 Å². The van der Waals surface area contributed by atoms with Gasteiger partial charge in [0.05, 0.1) is 5.41 Å². The van der Waals surface area contributed by atoms with E-state index in [4.69, 9.17) is 0 Å². The van der Waals surface area contributed by atoms with Crippen LogP contribution in [-0.4, -0.2) is 5.66 Å². The maximum atomic E-state index is 15.5. The van der Waals surface area contributed by atoms with Crippen molar-refractivity contribution in [3.05, 3.63) is 168 Å². The van der Waals surface area contributed by atoms with Gasteiger partial charge < -0.3 is 4.57 Å². The third kappa shape index (κ3) is 2.94. The maximum Gasteiger partial charge on any atom is 0.150 e. The van der Waals surface area contributed by atoms with Crippen LogP contribution in [-0.2, 0) is 9.98 Å². The van der Waals surface area contributed by atoms with E-state index >= 15 is 4.57 Å². The first-order chi connectivity index (χ1) is 19.2. The summed E-state index contributed by atoms with van der Waals surface area (Å²) in [7, 11) is -2.99. The molecule has 1 nitrogen and oxygen atoms in total. The second-order valence-corrected chi connectivity index (χ2v) is 13.7.